The molecule has 1 heterocycles. The van der Waals surface area contributed by atoms with Gasteiger partial charge in [0.25, 0.3) is 0 Å². The molecule has 2 N–H and O–H groups in total. The summed E-state index contributed by atoms with van der Waals surface area (Å²) in [7, 11) is 1.79. The van der Waals surface area contributed by atoms with E-state index in [2.05, 4.69) is 5.32 Å². The summed E-state index contributed by atoms with van der Waals surface area (Å²) in [5, 5.41) is 11.4. The second-order valence-corrected chi connectivity index (χ2v) is 6.72. The number of aliphatic carboxylic acids is 1. The van der Waals surface area contributed by atoms with Gasteiger partial charge in [0.2, 0.25) is 5.91 Å². The topological polar surface area (TPSA) is 72.9 Å². The molecule has 152 valence electrons. The van der Waals surface area contributed by atoms with Crippen LogP contribution in [0.15, 0.2) is 18.2 Å². The van der Waals surface area contributed by atoms with Crippen LogP contribution in [0.1, 0.15) is 26.2 Å². The first-order valence-electron chi connectivity index (χ1n) is 8.70. The maximum absolute atomic E-state index is 13.7. The average molecular weight is 406 g/mol. The SMILES string of the molecule is CC(C(=O)Nc1cc(F)ccc1F)N1CCCC(N(C)CC(=O)O)CC1.Cl. The Labute approximate surface area is 163 Å². The van der Waals surface area contributed by atoms with E-state index in [9.17, 15) is 18.4 Å². The standard InChI is InChI=1S/C18H25F2N3O3.ClH/c1-12(18(26)21-16-10-13(19)5-6-15(16)20)23-8-3-4-14(7-9-23)22(2)11-17(24)25;/h5-6,10,12,14H,3-4,7-9,11H2,1-2H3,(H,21,26)(H,24,25);1H. The third kappa shape index (κ3) is 6.71. The maximum Gasteiger partial charge on any atom is 0.317 e. The van der Waals surface area contributed by atoms with Gasteiger partial charge < -0.3 is 10.4 Å². The molecule has 1 aromatic rings. The van der Waals surface area contributed by atoms with Gasteiger partial charge in [0.05, 0.1) is 18.3 Å². The Morgan fingerprint density at radius 2 is 2.04 bits per heavy atom. The van der Waals surface area contributed by atoms with Gasteiger partial charge in [-0.1, -0.05) is 0 Å². The third-order valence-corrected chi connectivity index (χ3v) is 4.85. The number of likely N-dealkylation sites (N-methyl/N-ethyl adjacent to an activating group) is 1. The Kier molecular flexibility index (Phi) is 9.08. The number of carboxylic acid groups (broad SMARTS) is 1. The van der Waals surface area contributed by atoms with E-state index in [1.165, 1.54) is 0 Å². The highest BCUT2D eigenvalue weighted by molar-refractivity contribution is 5.94. The van der Waals surface area contributed by atoms with Crippen molar-refractivity contribution in [1.82, 2.24) is 9.80 Å². The number of carbonyl (C=O) groups is 2. The second kappa shape index (κ2) is 10.5. The molecule has 2 unspecified atom stereocenters. The number of amides is 1. The highest BCUT2D eigenvalue weighted by Gasteiger charge is 2.27. The van der Waals surface area contributed by atoms with Crippen molar-refractivity contribution in [3.05, 3.63) is 29.8 Å². The molecule has 0 aliphatic carbocycles. The van der Waals surface area contributed by atoms with Gasteiger partial charge in [0.1, 0.15) is 11.6 Å². The van der Waals surface area contributed by atoms with Gasteiger partial charge in [0.15, 0.2) is 0 Å². The molecule has 1 aromatic carbocycles. The van der Waals surface area contributed by atoms with Gasteiger partial charge in [-0.05, 0) is 51.9 Å². The van der Waals surface area contributed by atoms with Gasteiger partial charge in [-0.3, -0.25) is 19.4 Å². The minimum atomic E-state index is -0.863. The number of nitrogens with one attached hydrogen (secondary N) is 1. The van der Waals surface area contributed by atoms with E-state index in [0.29, 0.717) is 13.1 Å². The number of carboxylic acids is 1. The van der Waals surface area contributed by atoms with Crippen LogP contribution < -0.4 is 5.32 Å². The minimum Gasteiger partial charge on any atom is -0.480 e. The van der Waals surface area contributed by atoms with E-state index in [1.54, 1.807) is 14.0 Å². The Hall–Kier alpha value is -1.77. The fourth-order valence-corrected chi connectivity index (χ4v) is 3.27. The molecule has 0 bridgehead atoms. The summed E-state index contributed by atoms with van der Waals surface area (Å²) in [6, 6.07) is 2.58. The molecule has 2 rings (SSSR count). The molecule has 2 atom stereocenters. The van der Waals surface area contributed by atoms with Crippen LogP contribution in [0.4, 0.5) is 14.5 Å². The first-order chi connectivity index (χ1) is 12.3. The van der Waals surface area contributed by atoms with E-state index in [0.717, 1.165) is 37.5 Å². The molecular weight excluding hydrogens is 380 g/mol. The van der Waals surface area contributed by atoms with Crippen molar-refractivity contribution >= 4 is 30.0 Å². The monoisotopic (exact) mass is 405 g/mol. The summed E-state index contributed by atoms with van der Waals surface area (Å²) < 4.78 is 26.9. The summed E-state index contributed by atoms with van der Waals surface area (Å²) in [4.78, 5) is 27.1. The largest absolute Gasteiger partial charge is 0.480 e. The lowest BCUT2D eigenvalue weighted by Gasteiger charge is -2.28. The Balaban J connectivity index is 0.00000364. The van der Waals surface area contributed by atoms with E-state index in [-0.39, 0.29) is 30.7 Å². The predicted molar refractivity (Wildman–Crippen MR) is 101 cm³/mol. The molecule has 1 aliphatic heterocycles. The van der Waals surface area contributed by atoms with Crippen molar-refractivity contribution in [3.63, 3.8) is 0 Å². The second-order valence-electron chi connectivity index (χ2n) is 6.72. The summed E-state index contributed by atoms with van der Waals surface area (Å²) >= 11 is 0. The molecule has 27 heavy (non-hydrogen) atoms. The molecule has 0 spiro atoms. The predicted octanol–water partition coefficient (Wildman–Crippen LogP) is 2.58. The summed E-state index contributed by atoms with van der Waals surface area (Å²) in [6.07, 6.45) is 2.43. The number of hydrogen-bond acceptors (Lipinski definition) is 4. The van der Waals surface area contributed by atoms with E-state index >= 15 is 0 Å². The highest BCUT2D eigenvalue weighted by Crippen LogP contribution is 2.19. The normalized spacial score (nSPS) is 19.1. The van der Waals surface area contributed by atoms with Gasteiger partial charge in [-0.2, -0.15) is 0 Å². The van der Waals surface area contributed by atoms with E-state index < -0.39 is 29.6 Å². The molecule has 1 amide bonds. The zero-order chi connectivity index (χ0) is 19.3. The molecule has 0 aromatic heterocycles. The smallest absolute Gasteiger partial charge is 0.317 e. The van der Waals surface area contributed by atoms with E-state index in [1.807, 2.05) is 9.80 Å². The highest BCUT2D eigenvalue weighted by atomic mass is 35.5. The Morgan fingerprint density at radius 3 is 2.70 bits per heavy atom. The quantitative estimate of drug-likeness (QED) is 0.761. The van der Waals surface area contributed by atoms with Crippen molar-refractivity contribution in [2.24, 2.45) is 0 Å². The minimum absolute atomic E-state index is 0. The lowest BCUT2D eigenvalue weighted by Crippen LogP contribution is -2.43. The van der Waals surface area contributed by atoms with Gasteiger partial charge >= 0.3 is 5.97 Å². The zero-order valence-corrected chi connectivity index (χ0v) is 16.3. The van der Waals surface area contributed by atoms with Crippen LogP contribution in [0, 0.1) is 11.6 Å². The number of halogens is 3. The average Bonchev–Trinajstić information content (AvgIpc) is 2.83. The van der Waals surface area contributed by atoms with Crippen molar-refractivity contribution in [2.75, 3.05) is 32.0 Å². The summed E-state index contributed by atoms with van der Waals surface area (Å²) in [5.74, 6) is -2.56. The van der Waals surface area contributed by atoms with Crippen LogP contribution in [-0.4, -0.2) is 65.5 Å². The summed E-state index contributed by atoms with van der Waals surface area (Å²) in [5.41, 5.74) is -0.171. The molecule has 0 radical (unpaired) electrons. The molecule has 9 heteroatoms. The first-order valence-corrected chi connectivity index (χ1v) is 8.70. The lowest BCUT2D eigenvalue weighted by atomic mass is 10.1. The van der Waals surface area contributed by atoms with Crippen molar-refractivity contribution in [2.45, 2.75) is 38.3 Å². The summed E-state index contributed by atoms with van der Waals surface area (Å²) in [6.45, 7) is 3.04. The fourth-order valence-electron chi connectivity index (χ4n) is 3.27. The van der Waals surface area contributed by atoms with Crippen LogP contribution in [-0.2, 0) is 9.59 Å². The number of likely N-dealkylation sites (tertiary alicyclic amines) is 1. The number of rotatable bonds is 6. The molecule has 6 nitrogen and oxygen atoms in total. The molecule has 1 fully saturated rings. The maximum atomic E-state index is 13.7. The molecule has 1 saturated heterocycles. The zero-order valence-electron chi connectivity index (χ0n) is 15.5. The number of benzene rings is 1. The number of anilines is 1. The molecule has 0 saturated carbocycles. The third-order valence-electron chi connectivity index (χ3n) is 4.85. The van der Waals surface area contributed by atoms with Crippen LogP contribution >= 0.6 is 12.4 Å². The first kappa shape index (κ1) is 23.3. The number of carbonyl (C=O) groups excluding carboxylic acids is 1. The van der Waals surface area contributed by atoms with Crippen molar-refractivity contribution in [3.8, 4) is 0 Å². The number of nitrogens with zero attached hydrogens (tertiary/aromatic N) is 2. The van der Waals surface area contributed by atoms with Gasteiger partial charge in [-0.25, -0.2) is 8.78 Å². The fraction of sp³-hybridized carbons (Fsp3) is 0.556. The Morgan fingerprint density at radius 1 is 1.33 bits per heavy atom. The van der Waals surface area contributed by atoms with Crippen LogP contribution in [0.2, 0.25) is 0 Å². The van der Waals surface area contributed by atoms with Crippen molar-refractivity contribution in [1.29, 1.82) is 0 Å². The van der Waals surface area contributed by atoms with Crippen molar-refractivity contribution < 1.29 is 23.5 Å². The van der Waals surface area contributed by atoms with E-state index in [4.69, 9.17) is 5.11 Å². The van der Waals surface area contributed by atoms with Crippen LogP contribution in [0.25, 0.3) is 0 Å². The van der Waals surface area contributed by atoms with Gasteiger partial charge in [-0.15, -0.1) is 12.4 Å². The molecular formula is C18H26ClF2N3O3. The van der Waals surface area contributed by atoms with Crippen LogP contribution in [0.5, 0.6) is 0 Å². The van der Waals surface area contributed by atoms with Crippen LogP contribution in [0.3, 0.4) is 0 Å². The Bertz CT molecular complexity index is 663. The van der Waals surface area contributed by atoms with Gasteiger partial charge in [0, 0.05) is 18.7 Å². The molecule has 1 aliphatic rings. The lowest BCUT2D eigenvalue weighted by molar-refractivity contribution is -0.138. The number of hydrogen-bond donors (Lipinski definition) is 2.